The third-order valence-corrected chi connectivity index (χ3v) is 3.32. The van der Waals surface area contributed by atoms with E-state index in [0.29, 0.717) is 25.8 Å². The highest BCUT2D eigenvalue weighted by Gasteiger charge is 2.20. The summed E-state index contributed by atoms with van der Waals surface area (Å²) >= 11 is 0. The highest BCUT2D eigenvalue weighted by Crippen LogP contribution is 2.18. The summed E-state index contributed by atoms with van der Waals surface area (Å²) in [4.78, 5) is 23.4. The molecule has 130 valence electrons. The summed E-state index contributed by atoms with van der Waals surface area (Å²) in [7, 11) is 0. The first kappa shape index (κ1) is 21.1. The number of nitrogens with two attached hydrogens (primary N) is 1. The van der Waals surface area contributed by atoms with Gasteiger partial charge in [-0.05, 0) is 27.2 Å². The molecule has 0 aromatic rings. The molecule has 0 bridgehead atoms. The molecule has 0 atom stereocenters. The van der Waals surface area contributed by atoms with Crippen LogP contribution in [0, 0.1) is 5.41 Å². The summed E-state index contributed by atoms with van der Waals surface area (Å²) in [6.45, 7) is 15.7. The van der Waals surface area contributed by atoms with E-state index < -0.39 is 0 Å². The molecule has 0 saturated heterocycles. The molecule has 5 nitrogen and oxygen atoms in total. The summed E-state index contributed by atoms with van der Waals surface area (Å²) in [5, 5.41) is 8.52. The highest BCUT2D eigenvalue weighted by atomic mass is 16.1. The molecule has 0 radical (unpaired) electrons. The number of rotatable bonds is 10. The second-order valence-corrected chi connectivity index (χ2v) is 7.92. The van der Waals surface area contributed by atoms with E-state index in [1.807, 2.05) is 20.8 Å². The minimum absolute atomic E-state index is 0.0444. The van der Waals surface area contributed by atoms with Gasteiger partial charge >= 0.3 is 0 Å². The first-order valence-electron chi connectivity index (χ1n) is 8.39. The fourth-order valence-electron chi connectivity index (χ4n) is 1.88. The Bertz CT molecular complexity index is 341. The molecule has 0 aliphatic carbocycles. The maximum atomic E-state index is 11.7. The second kappa shape index (κ2) is 9.95. The van der Waals surface area contributed by atoms with Crippen molar-refractivity contribution in [3.63, 3.8) is 0 Å². The van der Waals surface area contributed by atoms with E-state index in [4.69, 9.17) is 0 Å². The quantitative estimate of drug-likeness (QED) is 0.523. The molecule has 0 aliphatic heterocycles. The van der Waals surface area contributed by atoms with E-state index in [9.17, 15) is 9.59 Å². The molecule has 0 heterocycles. The van der Waals surface area contributed by atoms with Gasteiger partial charge in [0.2, 0.25) is 5.91 Å². The average Bonchev–Trinajstić information content (AvgIpc) is 2.35. The molecule has 4 N–H and O–H groups in total. The lowest BCUT2D eigenvalue weighted by Gasteiger charge is -2.19. The maximum absolute atomic E-state index is 11.7. The van der Waals surface area contributed by atoms with E-state index in [1.54, 1.807) is 0 Å². The fourth-order valence-corrected chi connectivity index (χ4v) is 1.88. The molecule has 0 rings (SSSR count). The van der Waals surface area contributed by atoms with Gasteiger partial charge in [0.05, 0.1) is 19.6 Å². The van der Waals surface area contributed by atoms with Crippen LogP contribution in [0.3, 0.4) is 0 Å². The van der Waals surface area contributed by atoms with Crippen LogP contribution in [0.2, 0.25) is 0 Å². The summed E-state index contributed by atoms with van der Waals surface area (Å²) in [5.41, 5.74) is -0.140. The Balaban J connectivity index is 3.50. The lowest BCUT2D eigenvalue weighted by molar-refractivity contribution is -0.651. The Labute approximate surface area is 136 Å². The normalized spacial score (nSPS) is 12.3. The lowest BCUT2D eigenvalue weighted by atomic mass is 9.88. The van der Waals surface area contributed by atoms with Crippen LogP contribution in [-0.2, 0) is 9.59 Å². The van der Waals surface area contributed by atoms with Gasteiger partial charge < -0.3 is 16.0 Å². The highest BCUT2D eigenvalue weighted by molar-refractivity contribution is 5.84. The SMILES string of the molecule is CC(C)(C)NCC[NH2+]CCNC(=O)CCCC(=O)C(C)(C)C. The summed E-state index contributed by atoms with van der Waals surface area (Å²) < 4.78 is 0. The molecule has 0 unspecified atom stereocenters. The van der Waals surface area contributed by atoms with Gasteiger partial charge in [0, 0.05) is 30.3 Å². The number of carbonyl (C=O) groups excluding carboxylic acids is 2. The molecule has 0 aromatic heterocycles. The van der Waals surface area contributed by atoms with Crippen molar-refractivity contribution in [3.05, 3.63) is 0 Å². The van der Waals surface area contributed by atoms with Crippen molar-refractivity contribution in [2.75, 3.05) is 26.2 Å². The van der Waals surface area contributed by atoms with Gasteiger partial charge in [-0.25, -0.2) is 0 Å². The summed E-state index contributed by atoms with van der Waals surface area (Å²) in [6, 6.07) is 0. The minimum atomic E-state index is -0.299. The zero-order valence-electron chi connectivity index (χ0n) is 15.3. The Morgan fingerprint density at radius 2 is 1.50 bits per heavy atom. The van der Waals surface area contributed by atoms with Gasteiger partial charge in [-0.3, -0.25) is 9.59 Å². The van der Waals surface area contributed by atoms with Crippen LogP contribution in [0.15, 0.2) is 0 Å². The van der Waals surface area contributed by atoms with E-state index in [2.05, 4.69) is 36.7 Å². The Hall–Kier alpha value is -0.940. The number of quaternary nitrogens is 1. The van der Waals surface area contributed by atoms with E-state index >= 15 is 0 Å². The first-order chi connectivity index (χ1) is 10.0. The standard InChI is InChI=1S/C17H35N3O2/c1-16(2,3)14(21)8-7-9-15(22)19-12-10-18-11-13-20-17(4,5)6/h18,20H,7-13H2,1-6H3,(H,19,22)/p+1. The Morgan fingerprint density at radius 1 is 0.909 bits per heavy atom. The molecular formula is C17H36N3O2+. The molecule has 5 heteroatoms. The van der Waals surface area contributed by atoms with Crippen molar-refractivity contribution in [1.29, 1.82) is 0 Å². The third-order valence-electron chi connectivity index (χ3n) is 3.32. The van der Waals surface area contributed by atoms with Gasteiger partial charge in [0.1, 0.15) is 5.78 Å². The van der Waals surface area contributed by atoms with E-state index in [-0.39, 0.29) is 22.6 Å². The largest absolute Gasteiger partial charge is 0.350 e. The third kappa shape index (κ3) is 12.8. The molecule has 1 amide bonds. The second-order valence-electron chi connectivity index (χ2n) is 7.92. The Morgan fingerprint density at radius 3 is 2.05 bits per heavy atom. The summed E-state index contributed by atoms with van der Waals surface area (Å²) in [6.07, 6.45) is 1.57. The van der Waals surface area contributed by atoms with Gasteiger partial charge in [0.15, 0.2) is 0 Å². The monoisotopic (exact) mass is 314 g/mol. The molecule has 22 heavy (non-hydrogen) atoms. The van der Waals surface area contributed by atoms with Crippen molar-refractivity contribution in [2.45, 2.75) is 66.3 Å². The zero-order chi connectivity index (χ0) is 17.2. The molecule has 0 spiro atoms. The molecule has 0 fully saturated rings. The van der Waals surface area contributed by atoms with Crippen LogP contribution in [0.25, 0.3) is 0 Å². The molecular weight excluding hydrogens is 278 g/mol. The van der Waals surface area contributed by atoms with Crippen molar-refractivity contribution in [2.24, 2.45) is 5.41 Å². The van der Waals surface area contributed by atoms with Gasteiger partial charge in [-0.1, -0.05) is 20.8 Å². The van der Waals surface area contributed by atoms with Crippen molar-refractivity contribution >= 4 is 11.7 Å². The number of carbonyl (C=O) groups is 2. The van der Waals surface area contributed by atoms with Crippen molar-refractivity contribution < 1.29 is 14.9 Å². The Kier molecular flexibility index (Phi) is 9.53. The maximum Gasteiger partial charge on any atom is 0.220 e. The number of amides is 1. The molecule has 0 aromatic carbocycles. The predicted octanol–water partition coefficient (Wildman–Crippen LogP) is 0.840. The van der Waals surface area contributed by atoms with Crippen LogP contribution < -0.4 is 16.0 Å². The van der Waals surface area contributed by atoms with Crippen LogP contribution in [0.4, 0.5) is 0 Å². The van der Waals surface area contributed by atoms with Crippen LogP contribution in [-0.4, -0.2) is 43.4 Å². The fraction of sp³-hybridized carbons (Fsp3) is 0.882. The molecule has 0 saturated carbocycles. The number of hydrogen-bond acceptors (Lipinski definition) is 3. The van der Waals surface area contributed by atoms with Crippen LogP contribution >= 0.6 is 0 Å². The minimum Gasteiger partial charge on any atom is -0.350 e. The van der Waals surface area contributed by atoms with Crippen LogP contribution in [0.1, 0.15) is 60.8 Å². The number of nitrogens with one attached hydrogen (secondary N) is 2. The first-order valence-corrected chi connectivity index (χ1v) is 8.39. The van der Waals surface area contributed by atoms with Gasteiger partial charge in [-0.2, -0.15) is 0 Å². The van der Waals surface area contributed by atoms with E-state index in [1.165, 1.54) is 0 Å². The van der Waals surface area contributed by atoms with Crippen LogP contribution in [0.5, 0.6) is 0 Å². The topological polar surface area (TPSA) is 74.8 Å². The average molecular weight is 314 g/mol. The lowest BCUT2D eigenvalue weighted by Crippen LogP contribution is -2.87. The predicted molar refractivity (Wildman–Crippen MR) is 90.7 cm³/mol. The summed E-state index contributed by atoms with van der Waals surface area (Å²) in [5.74, 6) is 0.267. The van der Waals surface area contributed by atoms with Crippen molar-refractivity contribution in [1.82, 2.24) is 10.6 Å². The van der Waals surface area contributed by atoms with E-state index in [0.717, 1.165) is 19.6 Å². The number of ketones is 1. The number of Topliss-reactive ketones (excluding diaryl/α,β-unsaturated/α-hetero) is 1. The smallest absolute Gasteiger partial charge is 0.220 e. The van der Waals surface area contributed by atoms with Gasteiger partial charge in [-0.15, -0.1) is 0 Å². The van der Waals surface area contributed by atoms with Gasteiger partial charge in [0.25, 0.3) is 0 Å². The van der Waals surface area contributed by atoms with Crippen molar-refractivity contribution in [3.8, 4) is 0 Å². The number of hydrogen-bond donors (Lipinski definition) is 3. The zero-order valence-corrected chi connectivity index (χ0v) is 15.3. The molecule has 0 aliphatic rings.